The summed E-state index contributed by atoms with van der Waals surface area (Å²) in [6, 6.07) is 8.10. The number of hydrogen-bond acceptors (Lipinski definition) is 3. The van der Waals surface area contributed by atoms with Gasteiger partial charge in [-0.15, -0.1) is 6.58 Å². The highest BCUT2D eigenvalue weighted by molar-refractivity contribution is 5.91. The van der Waals surface area contributed by atoms with Gasteiger partial charge in [0, 0.05) is 12.0 Å². The number of cyclic esters (lactones) is 1. The molecule has 2 rings (SSSR count). The van der Waals surface area contributed by atoms with Crippen LogP contribution >= 0.6 is 0 Å². The third kappa shape index (κ3) is 4.60. The van der Waals surface area contributed by atoms with Crippen molar-refractivity contribution in [2.45, 2.75) is 59.0 Å². The Kier molecular flexibility index (Phi) is 5.85. The molecule has 0 aromatic heterocycles. The van der Waals surface area contributed by atoms with Crippen LogP contribution < -0.4 is 0 Å². The molecule has 1 aromatic rings. The largest absolute Gasteiger partial charge is 0.456 e. The lowest BCUT2D eigenvalue weighted by atomic mass is 9.81. The highest BCUT2D eigenvalue weighted by Gasteiger charge is 2.35. The summed E-state index contributed by atoms with van der Waals surface area (Å²) in [6.07, 6.45) is 5.15. The van der Waals surface area contributed by atoms with Crippen molar-refractivity contribution >= 4 is 5.97 Å². The van der Waals surface area contributed by atoms with Crippen LogP contribution in [0.4, 0.5) is 0 Å². The van der Waals surface area contributed by atoms with Gasteiger partial charge in [0.2, 0.25) is 0 Å². The summed E-state index contributed by atoms with van der Waals surface area (Å²) in [5, 5.41) is 9.10. The second-order valence-electron chi connectivity index (χ2n) is 7.55. The maximum atomic E-state index is 12.6. The van der Waals surface area contributed by atoms with Crippen molar-refractivity contribution < 1.29 is 9.53 Å². The average Bonchev–Trinajstić information content (AvgIpc) is 2.50. The van der Waals surface area contributed by atoms with Crippen molar-refractivity contribution in [3.8, 4) is 6.07 Å². The van der Waals surface area contributed by atoms with E-state index in [0.29, 0.717) is 5.56 Å². The van der Waals surface area contributed by atoms with E-state index in [9.17, 15) is 4.79 Å². The number of carbonyl (C=O) groups is 1. The van der Waals surface area contributed by atoms with Crippen molar-refractivity contribution in [3.63, 3.8) is 0 Å². The van der Waals surface area contributed by atoms with Gasteiger partial charge in [0.15, 0.2) is 0 Å². The third-order valence-electron chi connectivity index (χ3n) is 4.76. The summed E-state index contributed by atoms with van der Waals surface area (Å²) >= 11 is 0. The third-order valence-corrected chi connectivity index (χ3v) is 4.76. The quantitative estimate of drug-likeness (QED) is 0.540. The predicted molar refractivity (Wildman–Crippen MR) is 100 cm³/mol. The zero-order valence-corrected chi connectivity index (χ0v) is 15.7. The van der Waals surface area contributed by atoms with Gasteiger partial charge in [0.1, 0.15) is 5.60 Å². The number of allylic oxidation sites excluding steroid dienone is 1. The second kappa shape index (κ2) is 7.70. The number of esters is 1. The van der Waals surface area contributed by atoms with Gasteiger partial charge in [-0.1, -0.05) is 23.8 Å². The molecular formula is C22H27NO2. The first-order valence-corrected chi connectivity index (χ1v) is 8.81. The molecule has 3 heteroatoms. The molecule has 0 spiro atoms. The van der Waals surface area contributed by atoms with Gasteiger partial charge in [-0.3, -0.25) is 0 Å². The molecule has 0 radical (unpaired) electrons. The first kappa shape index (κ1) is 19.0. The van der Waals surface area contributed by atoms with Crippen molar-refractivity contribution in [1.82, 2.24) is 0 Å². The van der Waals surface area contributed by atoms with Crippen molar-refractivity contribution in [2.24, 2.45) is 5.92 Å². The first-order valence-electron chi connectivity index (χ1n) is 8.81. The number of nitriles is 1. The number of aryl methyl sites for hydroxylation is 1. The Labute approximate surface area is 151 Å². The Bertz CT molecular complexity index is 750. The molecule has 1 aromatic carbocycles. The summed E-state index contributed by atoms with van der Waals surface area (Å²) in [5.74, 6) is -0.0814. The SMILES string of the molecule is C=CCCC(Cc1ccc(C#N)c(C)c1)C1=C(C)CC(C)(C)OC1=O. The standard InChI is InChI=1S/C22H27NO2/c1-6-7-8-18(12-17-9-10-19(14-23)15(2)11-17)20-16(3)13-22(4,5)25-21(20)24/h6,9-11,18H,1,7-8,12-13H2,2-5H3. The minimum absolute atomic E-state index is 0.105. The summed E-state index contributed by atoms with van der Waals surface area (Å²) < 4.78 is 5.65. The van der Waals surface area contributed by atoms with E-state index in [1.165, 1.54) is 0 Å². The second-order valence-corrected chi connectivity index (χ2v) is 7.55. The molecule has 25 heavy (non-hydrogen) atoms. The van der Waals surface area contributed by atoms with E-state index in [1.54, 1.807) is 0 Å². The van der Waals surface area contributed by atoms with E-state index in [4.69, 9.17) is 10.00 Å². The van der Waals surface area contributed by atoms with Gasteiger partial charge in [-0.2, -0.15) is 5.26 Å². The van der Waals surface area contributed by atoms with Gasteiger partial charge in [0.25, 0.3) is 0 Å². The van der Waals surface area contributed by atoms with Crippen LogP contribution in [0.15, 0.2) is 42.0 Å². The van der Waals surface area contributed by atoms with E-state index in [0.717, 1.165) is 48.0 Å². The molecule has 0 saturated carbocycles. The molecule has 1 aliphatic heterocycles. The average molecular weight is 337 g/mol. The maximum absolute atomic E-state index is 12.6. The van der Waals surface area contributed by atoms with Crippen LogP contribution in [-0.2, 0) is 16.0 Å². The smallest absolute Gasteiger partial charge is 0.334 e. The van der Waals surface area contributed by atoms with Gasteiger partial charge >= 0.3 is 5.97 Å². The van der Waals surface area contributed by atoms with Gasteiger partial charge in [-0.05, 0) is 70.1 Å². The molecule has 0 fully saturated rings. The lowest BCUT2D eigenvalue weighted by molar-refractivity contribution is -0.154. The van der Waals surface area contributed by atoms with Gasteiger partial charge < -0.3 is 4.74 Å². The highest BCUT2D eigenvalue weighted by atomic mass is 16.6. The van der Waals surface area contributed by atoms with Crippen LogP contribution in [0.5, 0.6) is 0 Å². The topological polar surface area (TPSA) is 50.1 Å². The van der Waals surface area contributed by atoms with Gasteiger partial charge in [0.05, 0.1) is 11.6 Å². The normalized spacial score (nSPS) is 17.6. The fourth-order valence-electron chi connectivity index (χ4n) is 3.70. The molecule has 0 amide bonds. The summed E-state index contributed by atoms with van der Waals surface area (Å²) in [5.41, 5.74) is 4.33. The summed E-state index contributed by atoms with van der Waals surface area (Å²) in [4.78, 5) is 12.6. The number of hydrogen-bond donors (Lipinski definition) is 0. The first-order chi connectivity index (χ1) is 11.8. The summed E-state index contributed by atoms with van der Waals surface area (Å²) in [7, 11) is 0. The van der Waals surface area contributed by atoms with E-state index in [1.807, 2.05) is 52.0 Å². The Morgan fingerprint density at radius 3 is 2.68 bits per heavy atom. The fourth-order valence-corrected chi connectivity index (χ4v) is 3.70. The van der Waals surface area contributed by atoms with Crippen molar-refractivity contribution in [1.29, 1.82) is 5.26 Å². The van der Waals surface area contributed by atoms with Crippen LogP contribution in [0.1, 0.15) is 56.7 Å². The van der Waals surface area contributed by atoms with Crippen molar-refractivity contribution in [3.05, 3.63) is 58.7 Å². The van der Waals surface area contributed by atoms with Gasteiger partial charge in [-0.25, -0.2) is 4.79 Å². The Balaban J connectivity index is 2.33. The monoisotopic (exact) mass is 337 g/mol. The van der Waals surface area contributed by atoms with Crippen LogP contribution in [0.25, 0.3) is 0 Å². The van der Waals surface area contributed by atoms with Crippen LogP contribution in [-0.4, -0.2) is 11.6 Å². The zero-order chi connectivity index (χ0) is 18.6. The van der Waals surface area contributed by atoms with Crippen LogP contribution in [0.2, 0.25) is 0 Å². The lowest BCUT2D eigenvalue weighted by Crippen LogP contribution is -2.36. The van der Waals surface area contributed by atoms with E-state index in [2.05, 4.69) is 12.6 Å². The molecule has 3 nitrogen and oxygen atoms in total. The molecule has 1 aliphatic rings. The minimum Gasteiger partial charge on any atom is -0.456 e. The predicted octanol–water partition coefficient (Wildman–Crippen LogP) is 5.03. The van der Waals surface area contributed by atoms with Crippen molar-refractivity contribution in [2.75, 3.05) is 0 Å². The Morgan fingerprint density at radius 2 is 2.12 bits per heavy atom. The molecule has 1 atom stereocenters. The highest BCUT2D eigenvalue weighted by Crippen LogP contribution is 2.36. The zero-order valence-electron chi connectivity index (χ0n) is 15.7. The molecule has 0 bridgehead atoms. The number of carbonyl (C=O) groups excluding carboxylic acids is 1. The molecule has 0 saturated heterocycles. The molecule has 1 heterocycles. The maximum Gasteiger partial charge on any atom is 0.334 e. The molecule has 0 N–H and O–H groups in total. The number of benzene rings is 1. The number of rotatable bonds is 6. The number of nitrogens with zero attached hydrogens (tertiary/aromatic N) is 1. The molecule has 0 aliphatic carbocycles. The number of ether oxygens (including phenoxy) is 1. The van der Waals surface area contributed by atoms with Crippen LogP contribution in [0.3, 0.4) is 0 Å². The van der Waals surface area contributed by atoms with E-state index >= 15 is 0 Å². The molecule has 1 unspecified atom stereocenters. The van der Waals surface area contributed by atoms with E-state index < -0.39 is 5.60 Å². The summed E-state index contributed by atoms with van der Waals surface area (Å²) in [6.45, 7) is 11.7. The fraction of sp³-hybridized carbons (Fsp3) is 0.455. The Morgan fingerprint density at radius 1 is 1.40 bits per heavy atom. The van der Waals surface area contributed by atoms with Crippen LogP contribution in [0, 0.1) is 24.2 Å². The minimum atomic E-state index is -0.432. The lowest BCUT2D eigenvalue weighted by Gasteiger charge is -2.34. The van der Waals surface area contributed by atoms with E-state index in [-0.39, 0.29) is 11.9 Å². The molecule has 132 valence electrons. The Hall–Kier alpha value is -2.34. The molecular weight excluding hydrogens is 310 g/mol.